The van der Waals surface area contributed by atoms with Crippen molar-refractivity contribution in [2.24, 2.45) is 5.92 Å². The smallest absolute Gasteiger partial charge is 0.196 e. The summed E-state index contributed by atoms with van der Waals surface area (Å²) in [6.07, 6.45) is 6.96. The first-order valence-corrected chi connectivity index (χ1v) is 11.8. The molecule has 0 bridgehead atoms. The molecule has 8 heteroatoms. The van der Waals surface area contributed by atoms with Crippen molar-refractivity contribution in [2.45, 2.75) is 31.7 Å². The maximum absolute atomic E-state index is 13.5. The van der Waals surface area contributed by atoms with Gasteiger partial charge in [0.2, 0.25) is 0 Å². The lowest BCUT2D eigenvalue weighted by Gasteiger charge is -2.28. The molecule has 1 aliphatic rings. The average molecular weight is 477 g/mol. The molecule has 2 heterocycles. The van der Waals surface area contributed by atoms with Crippen molar-refractivity contribution in [3.8, 4) is 11.5 Å². The predicted octanol–water partition coefficient (Wildman–Crippen LogP) is 5.60. The van der Waals surface area contributed by atoms with Gasteiger partial charge in [0.05, 0.1) is 16.0 Å². The van der Waals surface area contributed by atoms with E-state index in [-0.39, 0.29) is 18.4 Å². The Balaban J connectivity index is 1.40. The van der Waals surface area contributed by atoms with Gasteiger partial charge in [0.25, 0.3) is 0 Å². The zero-order chi connectivity index (χ0) is 23.5. The number of ether oxygens (including phenoxy) is 1. The average Bonchev–Trinajstić information content (AvgIpc) is 3.30. The molecule has 0 spiro atoms. The molecule has 174 valence electrons. The number of ketones is 1. The van der Waals surface area contributed by atoms with E-state index in [0.717, 1.165) is 25.7 Å². The quantitative estimate of drug-likeness (QED) is 0.300. The Hall–Kier alpha value is -3.42. The van der Waals surface area contributed by atoms with Crippen LogP contribution in [0.5, 0.6) is 11.5 Å². The summed E-state index contributed by atoms with van der Waals surface area (Å²) >= 11 is 6.50. The first-order valence-electron chi connectivity index (χ1n) is 11.4. The maximum Gasteiger partial charge on any atom is 0.196 e. The maximum atomic E-state index is 13.5. The van der Waals surface area contributed by atoms with Crippen LogP contribution in [-0.2, 0) is 0 Å². The number of hydrogen-bond donors (Lipinski definition) is 3. The molecule has 4 aromatic rings. The second kappa shape index (κ2) is 9.83. The normalized spacial score (nSPS) is 18.1. The van der Waals surface area contributed by atoms with Crippen molar-refractivity contribution < 1.29 is 14.6 Å². The van der Waals surface area contributed by atoms with Crippen molar-refractivity contribution in [1.82, 2.24) is 15.0 Å². The van der Waals surface area contributed by atoms with E-state index in [2.05, 4.69) is 20.3 Å². The number of aromatic amines is 1. The molecule has 1 fully saturated rings. The third kappa shape index (κ3) is 4.62. The zero-order valence-corrected chi connectivity index (χ0v) is 19.3. The van der Waals surface area contributed by atoms with E-state index in [1.54, 1.807) is 24.4 Å². The summed E-state index contributed by atoms with van der Waals surface area (Å²) in [5.74, 6) is 2.02. The van der Waals surface area contributed by atoms with E-state index in [4.69, 9.17) is 16.3 Å². The number of carbonyl (C=O) groups excluding carboxylic acids is 1. The highest BCUT2D eigenvalue weighted by molar-refractivity contribution is 6.35. The largest absolute Gasteiger partial charge is 0.457 e. The standard InChI is InChI=1S/C26H25ClN4O3/c27-22-12-19(34-18-4-2-1-3-5-18)10-11-20(22)24(33)21-13-28-25-23(21)26(30-15-29-25)31-17-8-6-16(14-32)7-9-17/h1-5,10-13,15-17,32H,6-9,14H2,(H2,28,29,30,31). The Bertz CT molecular complexity index is 1300. The van der Waals surface area contributed by atoms with Gasteiger partial charge in [-0.25, -0.2) is 9.97 Å². The molecule has 0 saturated heterocycles. The van der Waals surface area contributed by atoms with Gasteiger partial charge in [-0.05, 0) is 55.9 Å². The second-order valence-electron chi connectivity index (χ2n) is 8.58. The zero-order valence-electron chi connectivity index (χ0n) is 18.5. The number of aliphatic hydroxyl groups excluding tert-OH is 1. The molecule has 0 unspecified atom stereocenters. The van der Waals surface area contributed by atoms with Gasteiger partial charge in [-0.15, -0.1) is 0 Å². The monoisotopic (exact) mass is 476 g/mol. The molecule has 0 amide bonds. The number of anilines is 1. The van der Waals surface area contributed by atoms with E-state index in [1.807, 2.05) is 30.3 Å². The summed E-state index contributed by atoms with van der Waals surface area (Å²) in [6, 6.07) is 14.7. The van der Waals surface area contributed by atoms with Crippen LogP contribution in [0.2, 0.25) is 5.02 Å². The lowest BCUT2D eigenvalue weighted by atomic mass is 9.86. The number of aliphatic hydroxyl groups is 1. The minimum absolute atomic E-state index is 0.218. The van der Waals surface area contributed by atoms with Crippen LogP contribution in [0, 0.1) is 5.92 Å². The van der Waals surface area contributed by atoms with Gasteiger partial charge in [-0.1, -0.05) is 29.8 Å². The predicted molar refractivity (Wildman–Crippen MR) is 132 cm³/mol. The number of para-hydroxylation sites is 1. The molecule has 1 saturated carbocycles. The Morgan fingerprint density at radius 3 is 2.59 bits per heavy atom. The van der Waals surface area contributed by atoms with Gasteiger partial charge in [-0.2, -0.15) is 0 Å². The van der Waals surface area contributed by atoms with Gasteiger partial charge in [-0.3, -0.25) is 4.79 Å². The summed E-state index contributed by atoms with van der Waals surface area (Å²) in [5, 5.41) is 13.9. The highest BCUT2D eigenvalue weighted by atomic mass is 35.5. The molecule has 3 N–H and O–H groups in total. The Kier molecular flexibility index (Phi) is 6.47. The topological polar surface area (TPSA) is 100 Å². The van der Waals surface area contributed by atoms with Crippen molar-refractivity contribution in [3.05, 3.63) is 77.2 Å². The molecule has 7 nitrogen and oxygen atoms in total. The van der Waals surface area contributed by atoms with Crippen LogP contribution < -0.4 is 10.1 Å². The van der Waals surface area contributed by atoms with Crippen molar-refractivity contribution in [2.75, 3.05) is 11.9 Å². The van der Waals surface area contributed by atoms with Crippen LogP contribution in [-0.4, -0.2) is 38.5 Å². The number of nitrogens with zero attached hydrogens (tertiary/aromatic N) is 2. The number of fused-ring (bicyclic) bond motifs is 1. The van der Waals surface area contributed by atoms with Crippen LogP contribution in [0.1, 0.15) is 41.6 Å². The molecular formula is C26H25ClN4O3. The highest BCUT2D eigenvalue weighted by Crippen LogP contribution is 2.33. The number of H-pyrrole nitrogens is 1. The first kappa shape index (κ1) is 22.4. The number of aromatic nitrogens is 3. The Morgan fingerprint density at radius 2 is 1.85 bits per heavy atom. The molecule has 1 aliphatic carbocycles. The molecule has 2 aromatic heterocycles. The van der Waals surface area contributed by atoms with Gasteiger partial charge >= 0.3 is 0 Å². The fourth-order valence-electron chi connectivity index (χ4n) is 4.45. The summed E-state index contributed by atoms with van der Waals surface area (Å²) in [6.45, 7) is 0.233. The fraction of sp³-hybridized carbons (Fsp3) is 0.269. The minimum Gasteiger partial charge on any atom is -0.457 e. The number of hydrogen-bond acceptors (Lipinski definition) is 6. The van der Waals surface area contributed by atoms with E-state index in [1.165, 1.54) is 6.33 Å². The SMILES string of the molecule is O=C(c1ccc(Oc2ccccc2)cc1Cl)c1c[nH]c2ncnc(NC3CCC(CO)CC3)c12. The van der Waals surface area contributed by atoms with Gasteiger partial charge in [0, 0.05) is 30.5 Å². The number of carbonyl (C=O) groups is 1. The summed E-state index contributed by atoms with van der Waals surface area (Å²) in [5.41, 5.74) is 1.42. The molecule has 2 aromatic carbocycles. The van der Waals surface area contributed by atoms with Gasteiger partial charge < -0.3 is 20.1 Å². The number of rotatable bonds is 7. The molecule has 5 rings (SSSR count). The van der Waals surface area contributed by atoms with Crippen molar-refractivity contribution in [1.29, 1.82) is 0 Å². The molecule has 34 heavy (non-hydrogen) atoms. The molecule has 0 aliphatic heterocycles. The van der Waals surface area contributed by atoms with Crippen LogP contribution in [0.25, 0.3) is 11.0 Å². The van der Waals surface area contributed by atoms with Gasteiger partial charge in [0.1, 0.15) is 29.3 Å². The summed E-state index contributed by atoms with van der Waals surface area (Å²) in [7, 11) is 0. The summed E-state index contributed by atoms with van der Waals surface area (Å²) in [4.78, 5) is 25.3. The Labute approximate surface area is 202 Å². The third-order valence-corrected chi connectivity index (χ3v) is 6.64. The lowest BCUT2D eigenvalue weighted by Crippen LogP contribution is -2.27. The van der Waals surface area contributed by atoms with Crippen LogP contribution >= 0.6 is 11.6 Å². The van der Waals surface area contributed by atoms with Crippen molar-refractivity contribution >= 4 is 34.2 Å². The Morgan fingerprint density at radius 1 is 1.06 bits per heavy atom. The minimum atomic E-state index is -0.218. The third-order valence-electron chi connectivity index (χ3n) is 6.32. The van der Waals surface area contributed by atoms with E-state index >= 15 is 0 Å². The molecular weight excluding hydrogens is 452 g/mol. The number of halogens is 1. The van der Waals surface area contributed by atoms with Crippen LogP contribution in [0.4, 0.5) is 5.82 Å². The first-order chi connectivity index (χ1) is 16.6. The van der Waals surface area contributed by atoms with Crippen LogP contribution in [0.15, 0.2) is 61.1 Å². The summed E-state index contributed by atoms with van der Waals surface area (Å²) < 4.78 is 5.83. The number of benzene rings is 2. The molecule has 0 radical (unpaired) electrons. The lowest BCUT2D eigenvalue weighted by molar-refractivity contribution is 0.104. The highest BCUT2D eigenvalue weighted by Gasteiger charge is 2.24. The fourth-order valence-corrected chi connectivity index (χ4v) is 4.70. The second-order valence-corrected chi connectivity index (χ2v) is 8.99. The van der Waals surface area contributed by atoms with E-state index in [9.17, 15) is 9.90 Å². The molecule has 0 atom stereocenters. The van der Waals surface area contributed by atoms with Gasteiger partial charge in [0.15, 0.2) is 5.78 Å². The van der Waals surface area contributed by atoms with Crippen LogP contribution in [0.3, 0.4) is 0 Å². The number of nitrogens with one attached hydrogen (secondary N) is 2. The van der Waals surface area contributed by atoms with Crippen molar-refractivity contribution in [3.63, 3.8) is 0 Å². The van der Waals surface area contributed by atoms with E-state index < -0.39 is 0 Å². The van der Waals surface area contributed by atoms with E-state index in [0.29, 0.717) is 50.4 Å².